The number of primary amides is 1. The van der Waals surface area contributed by atoms with Crippen LogP contribution in [0.5, 0.6) is 0 Å². The summed E-state index contributed by atoms with van der Waals surface area (Å²) in [5, 5.41) is 3.34. The summed E-state index contributed by atoms with van der Waals surface area (Å²) in [5.74, 6) is 0.564. The number of carbonyl (C=O) groups excluding carboxylic acids is 1. The maximum absolute atomic E-state index is 11.1. The highest BCUT2D eigenvalue weighted by Crippen LogP contribution is 2.28. The van der Waals surface area contributed by atoms with E-state index in [1.165, 1.54) is 25.7 Å². The van der Waals surface area contributed by atoms with Crippen molar-refractivity contribution in [2.24, 2.45) is 11.7 Å². The summed E-state index contributed by atoms with van der Waals surface area (Å²) < 4.78 is 0. The van der Waals surface area contributed by atoms with Crippen LogP contribution in [-0.4, -0.2) is 17.5 Å². The molecule has 3 heteroatoms. The Hall–Kier alpha value is -0.570. The predicted octanol–water partition coefficient (Wildman–Crippen LogP) is 1.42. The summed E-state index contributed by atoms with van der Waals surface area (Å²) in [5.41, 5.74) is 4.75. The van der Waals surface area contributed by atoms with Crippen molar-refractivity contribution in [1.29, 1.82) is 0 Å². The fraction of sp³-hybridized carbons (Fsp3) is 0.909. The second-order valence-electron chi connectivity index (χ2n) is 4.92. The molecule has 0 bridgehead atoms. The van der Waals surface area contributed by atoms with E-state index in [2.05, 4.69) is 12.2 Å². The lowest BCUT2D eigenvalue weighted by molar-refractivity contribution is -0.123. The Balaban J connectivity index is 2.42. The quantitative estimate of drug-likeness (QED) is 0.717. The van der Waals surface area contributed by atoms with Crippen LogP contribution in [0.4, 0.5) is 0 Å². The van der Waals surface area contributed by atoms with Crippen LogP contribution in [0.1, 0.15) is 46.5 Å². The van der Waals surface area contributed by atoms with E-state index in [0.717, 1.165) is 5.92 Å². The standard InChI is InChI=1S/C11H22N2O/c1-4-8-5-6-9(7-8)13-11(2,3)10(12)14/h8-9,13H,4-7H2,1-3H3,(H2,12,14). The Morgan fingerprint density at radius 3 is 2.57 bits per heavy atom. The lowest BCUT2D eigenvalue weighted by Gasteiger charge is -2.26. The number of nitrogens with two attached hydrogens (primary N) is 1. The van der Waals surface area contributed by atoms with E-state index in [1.807, 2.05) is 13.8 Å². The monoisotopic (exact) mass is 198 g/mol. The molecule has 0 spiro atoms. The molecule has 2 unspecified atom stereocenters. The molecular weight excluding hydrogens is 176 g/mol. The molecule has 1 aliphatic carbocycles. The summed E-state index contributed by atoms with van der Waals surface area (Å²) in [6.07, 6.45) is 4.89. The van der Waals surface area contributed by atoms with Gasteiger partial charge in [-0.1, -0.05) is 13.3 Å². The topological polar surface area (TPSA) is 55.1 Å². The molecule has 0 heterocycles. The zero-order valence-electron chi connectivity index (χ0n) is 9.47. The van der Waals surface area contributed by atoms with E-state index in [-0.39, 0.29) is 5.91 Å². The van der Waals surface area contributed by atoms with E-state index >= 15 is 0 Å². The minimum atomic E-state index is -0.562. The molecule has 2 atom stereocenters. The molecule has 0 aromatic heterocycles. The number of amides is 1. The molecule has 1 saturated carbocycles. The smallest absolute Gasteiger partial charge is 0.237 e. The van der Waals surface area contributed by atoms with Crippen LogP contribution in [-0.2, 0) is 4.79 Å². The SMILES string of the molecule is CCC1CCC(NC(C)(C)C(N)=O)C1. The molecule has 0 radical (unpaired) electrons. The maximum atomic E-state index is 11.1. The summed E-state index contributed by atoms with van der Waals surface area (Å²) in [6, 6.07) is 0.474. The normalized spacial score (nSPS) is 27.9. The van der Waals surface area contributed by atoms with Gasteiger partial charge in [-0.2, -0.15) is 0 Å². The van der Waals surface area contributed by atoms with Crippen LogP contribution in [0.2, 0.25) is 0 Å². The zero-order valence-corrected chi connectivity index (χ0v) is 9.47. The third kappa shape index (κ3) is 2.71. The Morgan fingerprint density at radius 2 is 2.14 bits per heavy atom. The van der Waals surface area contributed by atoms with Gasteiger partial charge < -0.3 is 11.1 Å². The van der Waals surface area contributed by atoms with Crippen molar-refractivity contribution in [3.63, 3.8) is 0 Å². The minimum absolute atomic E-state index is 0.266. The summed E-state index contributed by atoms with van der Waals surface area (Å²) >= 11 is 0. The van der Waals surface area contributed by atoms with Crippen LogP contribution in [0.15, 0.2) is 0 Å². The number of hydrogen-bond acceptors (Lipinski definition) is 2. The third-order valence-corrected chi connectivity index (χ3v) is 3.30. The molecule has 1 aliphatic rings. The van der Waals surface area contributed by atoms with E-state index < -0.39 is 5.54 Å². The highest BCUT2D eigenvalue weighted by atomic mass is 16.1. The van der Waals surface area contributed by atoms with Crippen molar-refractivity contribution in [2.75, 3.05) is 0 Å². The van der Waals surface area contributed by atoms with Crippen molar-refractivity contribution in [1.82, 2.24) is 5.32 Å². The summed E-state index contributed by atoms with van der Waals surface area (Å²) in [4.78, 5) is 11.1. The van der Waals surface area contributed by atoms with Gasteiger partial charge in [0, 0.05) is 6.04 Å². The average molecular weight is 198 g/mol. The largest absolute Gasteiger partial charge is 0.368 e. The second-order valence-corrected chi connectivity index (χ2v) is 4.92. The fourth-order valence-electron chi connectivity index (χ4n) is 2.16. The molecule has 82 valence electrons. The molecule has 0 saturated heterocycles. The van der Waals surface area contributed by atoms with Gasteiger partial charge in [0.05, 0.1) is 5.54 Å². The highest BCUT2D eigenvalue weighted by molar-refractivity contribution is 5.83. The molecule has 14 heavy (non-hydrogen) atoms. The third-order valence-electron chi connectivity index (χ3n) is 3.30. The lowest BCUT2D eigenvalue weighted by atomic mass is 10.0. The molecular formula is C11H22N2O. The van der Waals surface area contributed by atoms with Crippen LogP contribution in [0.3, 0.4) is 0 Å². The highest BCUT2D eigenvalue weighted by Gasteiger charge is 2.31. The van der Waals surface area contributed by atoms with Crippen LogP contribution in [0.25, 0.3) is 0 Å². The zero-order chi connectivity index (χ0) is 10.8. The van der Waals surface area contributed by atoms with E-state index in [4.69, 9.17) is 5.73 Å². The van der Waals surface area contributed by atoms with Gasteiger partial charge in [0.25, 0.3) is 0 Å². The van der Waals surface area contributed by atoms with Crippen LogP contribution >= 0.6 is 0 Å². The van der Waals surface area contributed by atoms with E-state index in [1.54, 1.807) is 0 Å². The van der Waals surface area contributed by atoms with Crippen molar-refractivity contribution in [2.45, 2.75) is 58.0 Å². The summed E-state index contributed by atoms with van der Waals surface area (Å²) in [7, 11) is 0. The first kappa shape index (κ1) is 11.5. The molecule has 0 aromatic carbocycles. The Bertz CT molecular complexity index is 213. The molecule has 1 amide bonds. The number of carbonyl (C=O) groups is 1. The first-order valence-corrected chi connectivity index (χ1v) is 5.53. The van der Waals surface area contributed by atoms with Crippen molar-refractivity contribution < 1.29 is 4.79 Å². The first-order chi connectivity index (χ1) is 6.45. The van der Waals surface area contributed by atoms with E-state index in [0.29, 0.717) is 6.04 Å². The second kappa shape index (κ2) is 4.30. The number of nitrogens with one attached hydrogen (secondary N) is 1. The van der Waals surface area contributed by atoms with Gasteiger partial charge in [-0.25, -0.2) is 0 Å². The van der Waals surface area contributed by atoms with Gasteiger partial charge in [-0.05, 0) is 39.0 Å². The minimum Gasteiger partial charge on any atom is -0.368 e. The molecule has 3 N–H and O–H groups in total. The van der Waals surface area contributed by atoms with Gasteiger partial charge in [-0.3, -0.25) is 4.79 Å². The molecule has 3 nitrogen and oxygen atoms in total. The first-order valence-electron chi connectivity index (χ1n) is 5.53. The Labute approximate surface area is 86.4 Å². The van der Waals surface area contributed by atoms with E-state index in [9.17, 15) is 4.79 Å². The number of hydrogen-bond donors (Lipinski definition) is 2. The van der Waals surface area contributed by atoms with Crippen molar-refractivity contribution >= 4 is 5.91 Å². The summed E-state index contributed by atoms with van der Waals surface area (Å²) in [6.45, 7) is 5.94. The molecule has 0 aliphatic heterocycles. The van der Waals surface area contributed by atoms with Crippen molar-refractivity contribution in [3.8, 4) is 0 Å². The Morgan fingerprint density at radius 1 is 1.50 bits per heavy atom. The van der Waals surface area contributed by atoms with Crippen LogP contribution < -0.4 is 11.1 Å². The van der Waals surface area contributed by atoms with Gasteiger partial charge >= 0.3 is 0 Å². The molecule has 1 fully saturated rings. The van der Waals surface area contributed by atoms with Gasteiger partial charge in [0.15, 0.2) is 0 Å². The molecule has 0 aromatic rings. The Kier molecular flexibility index (Phi) is 3.53. The van der Waals surface area contributed by atoms with Gasteiger partial charge in [-0.15, -0.1) is 0 Å². The number of rotatable bonds is 4. The predicted molar refractivity (Wildman–Crippen MR) is 57.8 cm³/mol. The maximum Gasteiger partial charge on any atom is 0.237 e. The van der Waals surface area contributed by atoms with Gasteiger partial charge in [0.2, 0.25) is 5.91 Å². The van der Waals surface area contributed by atoms with Crippen LogP contribution in [0, 0.1) is 5.92 Å². The molecule has 1 rings (SSSR count). The van der Waals surface area contributed by atoms with Crippen molar-refractivity contribution in [3.05, 3.63) is 0 Å². The van der Waals surface area contributed by atoms with Gasteiger partial charge in [0.1, 0.15) is 0 Å². The fourth-order valence-corrected chi connectivity index (χ4v) is 2.16. The lowest BCUT2D eigenvalue weighted by Crippen LogP contribution is -2.54. The average Bonchev–Trinajstić information content (AvgIpc) is 2.51.